The Morgan fingerprint density at radius 1 is 1.78 bits per heavy atom. The fraction of sp³-hybridized carbons (Fsp3) is 0.714. The lowest BCUT2D eigenvalue weighted by atomic mass is 10.1. The lowest BCUT2D eigenvalue weighted by Gasteiger charge is -2.34. The van der Waals surface area contributed by atoms with Crippen LogP contribution in [-0.2, 0) is 0 Å². The van der Waals surface area contributed by atoms with Gasteiger partial charge in [0.25, 0.3) is 0 Å². The van der Waals surface area contributed by atoms with Crippen LogP contribution in [0.3, 0.4) is 0 Å². The fourth-order valence-corrected chi connectivity index (χ4v) is 0.858. The van der Waals surface area contributed by atoms with Crippen LogP contribution in [-0.4, -0.2) is 37.6 Å². The average molecular weight is 124 g/mol. The van der Waals surface area contributed by atoms with E-state index in [0.29, 0.717) is 6.04 Å². The van der Waals surface area contributed by atoms with E-state index in [0.717, 1.165) is 19.6 Å². The Bertz CT molecular complexity index is 121. The van der Waals surface area contributed by atoms with Crippen LogP contribution in [0.1, 0.15) is 0 Å². The van der Waals surface area contributed by atoms with Gasteiger partial charge in [0.05, 0.1) is 6.54 Å². The van der Waals surface area contributed by atoms with Gasteiger partial charge in [-0.25, -0.2) is 0 Å². The summed E-state index contributed by atoms with van der Waals surface area (Å²) in [5.41, 5.74) is 0. The molecule has 1 heterocycles. The van der Waals surface area contributed by atoms with E-state index in [4.69, 9.17) is 6.42 Å². The van der Waals surface area contributed by atoms with Crippen molar-refractivity contribution < 1.29 is 0 Å². The van der Waals surface area contributed by atoms with Gasteiger partial charge < -0.3 is 5.32 Å². The molecule has 1 N–H and O–H groups in total. The molecular formula is C7H12N2. The first-order valence-corrected chi connectivity index (χ1v) is 3.19. The minimum Gasteiger partial charge on any atom is -0.314 e. The summed E-state index contributed by atoms with van der Waals surface area (Å²) >= 11 is 0. The monoisotopic (exact) mass is 124 g/mol. The van der Waals surface area contributed by atoms with Gasteiger partial charge in [-0.1, -0.05) is 5.92 Å². The average Bonchev–Trinajstić information content (AvgIpc) is 1.60. The van der Waals surface area contributed by atoms with Crippen molar-refractivity contribution in [3.8, 4) is 12.3 Å². The molecule has 1 aliphatic heterocycles. The summed E-state index contributed by atoms with van der Waals surface area (Å²) in [7, 11) is 2.06. The molecule has 50 valence electrons. The molecule has 2 heteroatoms. The first-order valence-electron chi connectivity index (χ1n) is 3.19. The van der Waals surface area contributed by atoms with Crippen molar-refractivity contribution in [3.63, 3.8) is 0 Å². The van der Waals surface area contributed by atoms with Gasteiger partial charge in [0.1, 0.15) is 0 Å². The van der Waals surface area contributed by atoms with Crippen molar-refractivity contribution in [3.05, 3.63) is 0 Å². The number of hydrogen-bond donors (Lipinski definition) is 1. The van der Waals surface area contributed by atoms with Crippen LogP contribution in [0.15, 0.2) is 0 Å². The standard InChI is InChI=1S/C7H12N2/c1-3-4-9(2)7-5-8-6-7/h1,7-8H,4-6H2,2H3. The van der Waals surface area contributed by atoms with Gasteiger partial charge in [-0.15, -0.1) is 6.42 Å². The Labute approximate surface area is 56.2 Å². The molecule has 9 heavy (non-hydrogen) atoms. The zero-order chi connectivity index (χ0) is 6.69. The molecule has 0 radical (unpaired) electrons. The third kappa shape index (κ3) is 1.44. The highest BCUT2D eigenvalue weighted by Gasteiger charge is 2.19. The molecule has 0 unspecified atom stereocenters. The van der Waals surface area contributed by atoms with E-state index in [2.05, 4.69) is 23.2 Å². The summed E-state index contributed by atoms with van der Waals surface area (Å²) in [6.45, 7) is 2.96. The minimum atomic E-state index is 0.682. The molecule has 0 atom stereocenters. The van der Waals surface area contributed by atoms with Crippen molar-refractivity contribution in [2.24, 2.45) is 0 Å². The first-order chi connectivity index (χ1) is 4.34. The molecule has 0 aromatic heterocycles. The van der Waals surface area contributed by atoms with Gasteiger partial charge in [0, 0.05) is 19.1 Å². The number of nitrogens with one attached hydrogen (secondary N) is 1. The van der Waals surface area contributed by atoms with E-state index in [1.807, 2.05) is 0 Å². The van der Waals surface area contributed by atoms with Crippen molar-refractivity contribution in [2.45, 2.75) is 6.04 Å². The van der Waals surface area contributed by atoms with E-state index >= 15 is 0 Å². The minimum absolute atomic E-state index is 0.682. The van der Waals surface area contributed by atoms with Crippen molar-refractivity contribution in [1.29, 1.82) is 0 Å². The second-order valence-corrected chi connectivity index (χ2v) is 2.43. The van der Waals surface area contributed by atoms with Crippen LogP contribution in [0.5, 0.6) is 0 Å². The SMILES string of the molecule is C#CCN(C)C1CNC1. The summed E-state index contributed by atoms with van der Waals surface area (Å²) in [6, 6.07) is 0.682. The molecular weight excluding hydrogens is 112 g/mol. The van der Waals surface area contributed by atoms with Gasteiger partial charge in [-0.2, -0.15) is 0 Å². The van der Waals surface area contributed by atoms with E-state index in [-0.39, 0.29) is 0 Å². The number of likely N-dealkylation sites (N-methyl/N-ethyl adjacent to an activating group) is 1. The van der Waals surface area contributed by atoms with Crippen LogP contribution in [0, 0.1) is 12.3 Å². The van der Waals surface area contributed by atoms with Crippen LogP contribution in [0.25, 0.3) is 0 Å². The number of terminal acetylenes is 1. The van der Waals surface area contributed by atoms with Crippen LogP contribution in [0.2, 0.25) is 0 Å². The highest BCUT2D eigenvalue weighted by molar-refractivity contribution is 4.92. The number of rotatable bonds is 2. The van der Waals surface area contributed by atoms with Gasteiger partial charge in [0.15, 0.2) is 0 Å². The zero-order valence-corrected chi connectivity index (χ0v) is 5.72. The summed E-state index contributed by atoms with van der Waals surface area (Å²) in [6.07, 6.45) is 5.13. The molecule has 0 bridgehead atoms. The molecule has 1 aliphatic rings. The number of hydrogen-bond acceptors (Lipinski definition) is 2. The van der Waals surface area contributed by atoms with Gasteiger partial charge in [-0.05, 0) is 7.05 Å². The lowest BCUT2D eigenvalue weighted by molar-refractivity contribution is 0.200. The Kier molecular flexibility index (Phi) is 2.10. The lowest BCUT2D eigenvalue weighted by Crippen LogP contribution is -2.55. The molecule has 0 amide bonds. The van der Waals surface area contributed by atoms with E-state index in [9.17, 15) is 0 Å². The Hall–Kier alpha value is -0.520. The maximum Gasteiger partial charge on any atom is 0.0599 e. The summed E-state index contributed by atoms with van der Waals surface area (Å²) in [4.78, 5) is 2.19. The molecule has 0 spiro atoms. The first kappa shape index (κ1) is 6.60. The molecule has 0 aromatic rings. The smallest absolute Gasteiger partial charge is 0.0599 e. The highest BCUT2D eigenvalue weighted by atomic mass is 15.2. The topological polar surface area (TPSA) is 15.3 Å². The van der Waals surface area contributed by atoms with Crippen LogP contribution < -0.4 is 5.32 Å². The van der Waals surface area contributed by atoms with Crippen LogP contribution >= 0.6 is 0 Å². The van der Waals surface area contributed by atoms with Crippen LogP contribution in [0.4, 0.5) is 0 Å². The fourth-order valence-electron chi connectivity index (χ4n) is 0.858. The van der Waals surface area contributed by atoms with E-state index in [1.165, 1.54) is 0 Å². The molecule has 0 saturated carbocycles. The largest absolute Gasteiger partial charge is 0.314 e. The molecule has 0 aliphatic carbocycles. The Morgan fingerprint density at radius 3 is 2.78 bits per heavy atom. The molecule has 0 aromatic carbocycles. The zero-order valence-electron chi connectivity index (χ0n) is 5.72. The van der Waals surface area contributed by atoms with Gasteiger partial charge >= 0.3 is 0 Å². The second-order valence-electron chi connectivity index (χ2n) is 2.43. The third-order valence-corrected chi connectivity index (χ3v) is 1.72. The number of nitrogens with zero attached hydrogens (tertiary/aromatic N) is 1. The van der Waals surface area contributed by atoms with Crippen molar-refractivity contribution >= 4 is 0 Å². The second kappa shape index (κ2) is 2.86. The summed E-state index contributed by atoms with van der Waals surface area (Å²) in [5, 5.41) is 3.19. The molecule has 1 rings (SSSR count). The third-order valence-electron chi connectivity index (χ3n) is 1.72. The Morgan fingerprint density at radius 2 is 2.44 bits per heavy atom. The van der Waals surface area contributed by atoms with Gasteiger partial charge in [0.2, 0.25) is 0 Å². The predicted molar refractivity (Wildman–Crippen MR) is 38.1 cm³/mol. The van der Waals surface area contributed by atoms with E-state index in [1.54, 1.807) is 0 Å². The predicted octanol–water partition coefficient (Wildman–Crippen LogP) is -0.477. The maximum absolute atomic E-state index is 5.13. The van der Waals surface area contributed by atoms with Crippen molar-refractivity contribution in [2.75, 3.05) is 26.7 Å². The summed E-state index contributed by atoms with van der Waals surface area (Å²) in [5.74, 6) is 2.61. The molecule has 2 nitrogen and oxygen atoms in total. The Balaban J connectivity index is 2.17. The van der Waals surface area contributed by atoms with Gasteiger partial charge in [-0.3, -0.25) is 4.90 Å². The normalized spacial score (nSPS) is 19.2. The molecule has 1 saturated heterocycles. The maximum atomic E-state index is 5.13. The molecule has 1 fully saturated rings. The van der Waals surface area contributed by atoms with Crippen molar-refractivity contribution in [1.82, 2.24) is 10.2 Å². The quantitative estimate of drug-likeness (QED) is 0.500. The van der Waals surface area contributed by atoms with E-state index < -0.39 is 0 Å². The summed E-state index contributed by atoms with van der Waals surface area (Å²) < 4.78 is 0. The highest BCUT2D eigenvalue weighted by Crippen LogP contribution is 1.99.